The maximum atomic E-state index is 13.1. The predicted molar refractivity (Wildman–Crippen MR) is 101 cm³/mol. The quantitative estimate of drug-likeness (QED) is 0.805. The molecule has 1 aromatic rings. The van der Waals surface area contributed by atoms with E-state index in [0.29, 0.717) is 12.8 Å². The van der Waals surface area contributed by atoms with Crippen molar-refractivity contribution in [3.05, 3.63) is 48.0 Å². The molecule has 0 amide bonds. The van der Waals surface area contributed by atoms with Gasteiger partial charge >= 0.3 is 11.9 Å². The molecule has 2 fully saturated rings. The molecule has 1 spiro atoms. The van der Waals surface area contributed by atoms with Crippen LogP contribution in [0.3, 0.4) is 0 Å². The van der Waals surface area contributed by atoms with Gasteiger partial charge in [0.15, 0.2) is 5.78 Å². The lowest BCUT2D eigenvalue weighted by atomic mass is 9.62. The highest BCUT2D eigenvalue weighted by Gasteiger charge is 2.69. The molecule has 1 aromatic carbocycles. The van der Waals surface area contributed by atoms with Crippen molar-refractivity contribution in [2.45, 2.75) is 49.8 Å². The van der Waals surface area contributed by atoms with E-state index in [-0.39, 0.29) is 24.2 Å². The number of rotatable bonds is 4. The highest BCUT2D eigenvalue weighted by Crippen LogP contribution is 2.56. The normalized spacial score (nSPS) is 36.4. The van der Waals surface area contributed by atoms with Crippen LogP contribution in [0.15, 0.2) is 42.5 Å². The Bertz CT molecular complexity index is 835. The molecule has 4 rings (SSSR count). The smallest absolute Gasteiger partial charge is 0.326 e. The molecule has 0 radical (unpaired) electrons. The highest BCUT2D eigenvalue weighted by molar-refractivity contribution is 5.97. The number of benzene rings is 1. The van der Waals surface area contributed by atoms with Gasteiger partial charge in [-0.25, -0.2) is 0 Å². The lowest BCUT2D eigenvalue weighted by molar-refractivity contribution is -0.164. The van der Waals surface area contributed by atoms with Gasteiger partial charge in [0.1, 0.15) is 11.1 Å². The number of carbonyl (C=O) groups excluding carboxylic acids is 3. The second-order valence-electron chi connectivity index (χ2n) is 7.91. The highest BCUT2D eigenvalue weighted by atomic mass is 16.6. The average Bonchev–Trinajstić information content (AvgIpc) is 3.26. The van der Waals surface area contributed by atoms with Gasteiger partial charge in [0, 0.05) is 24.8 Å². The molecular formula is C22H25NO5. The van der Waals surface area contributed by atoms with Crippen LogP contribution in [-0.2, 0) is 23.9 Å². The first-order valence-electron chi connectivity index (χ1n) is 9.83. The van der Waals surface area contributed by atoms with Crippen LogP contribution in [0.1, 0.15) is 44.2 Å². The summed E-state index contributed by atoms with van der Waals surface area (Å²) in [5, 5.41) is 3.48. The predicted octanol–water partition coefficient (Wildman–Crippen LogP) is 2.49. The zero-order chi connectivity index (χ0) is 19.9. The van der Waals surface area contributed by atoms with E-state index in [0.717, 1.165) is 12.0 Å². The van der Waals surface area contributed by atoms with Crippen molar-refractivity contribution >= 4 is 17.7 Å². The molecular weight excluding hydrogens is 358 g/mol. The van der Waals surface area contributed by atoms with Gasteiger partial charge in [-0.3, -0.25) is 19.7 Å². The van der Waals surface area contributed by atoms with E-state index in [2.05, 4.69) is 5.32 Å². The minimum Gasteiger partial charge on any atom is -0.468 e. The molecule has 6 nitrogen and oxygen atoms in total. The number of allylic oxidation sites excluding steroid dienone is 1. The molecule has 0 aromatic heterocycles. The number of carbonyl (C=O) groups is 3. The van der Waals surface area contributed by atoms with E-state index in [1.165, 1.54) is 13.2 Å². The first kappa shape index (κ1) is 18.9. The Kier molecular flexibility index (Phi) is 4.62. The largest absolute Gasteiger partial charge is 0.468 e. The average molecular weight is 383 g/mol. The van der Waals surface area contributed by atoms with Crippen molar-refractivity contribution in [1.82, 2.24) is 5.32 Å². The van der Waals surface area contributed by atoms with Gasteiger partial charge in [0.05, 0.1) is 13.0 Å². The Morgan fingerprint density at radius 3 is 2.64 bits per heavy atom. The van der Waals surface area contributed by atoms with Gasteiger partial charge in [-0.15, -0.1) is 0 Å². The van der Waals surface area contributed by atoms with Gasteiger partial charge in [0.2, 0.25) is 0 Å². The SMILES string of the molecule is CCC[C@@]1(C(=O)OC)N[C@H](c2ccccc2)C2C(=O)C=C[C@@]3(CCC(=O)O3)C21. The summed E-state index contributed by atoms with van der Waals surface area (Å²) in [6, 6.07) is 9.29. The molecule has 2 aliphatic heterocycles. The minimum absolute atomic E-state index is 0.0539. The molecule has 5 atom stereocenters. The molecule has 148 valence electrons. The number of ether oxygens (including phenoxy) is 2. The molecule has 2 saturated heterocycles. The van der Waals surface area contributed by atoms with Crippen LogP contribution in [0.4, 0.5) is 0 Å². The summed E-state index contributed by atoms with van der Waals surface area (Å²) in [4.78, 5) is 38.3. The Hall–Kier alpha value is -2.47. The fourth-order valence-electron chi connectivity index (χ4n) is 5.43. The van der Waals surface area contributed by atoms with Gasteiger partial charge in [-0.05, 0) is 24.1 Å². The van der Waals surface area contributed by atoms with Crippen LogP contribution >= 0.6 is 0 Å². The van der Waals surface area contributed by atoms with Crippen molar-refractivity contribution < 1.29 is 23.9 Å². The summed E-state index contributed by atoms with van der Waals surface area (Å²) in [6.07, 6.45) is 5.17. The third-order valence-corrected chi connectivity index (χ3v) is 6.42. The number of fused-ring (bicyclic) bond motifs is 2. The second-order valence-corrected chi connectivity index (χ2v) is 7.91. The van der Waals surface area contributed by atoms with Crippen molar-refractivity contribution in [2.75, 3.05) is 7.11 Å². The Labute approximate surface area is 164 Å². The number of nitrogens with one attached hydrogen (secondary N) is 1. The maximum Gasteiger partial charge on any atom is 0.326 e. The first-order valence-corrected chi connectivity index (χ1v) is 9.83. The molecule has 28 heavy (non-hydrogen) atoms. The van der Waals surface area contributed by atoms with Gasteiger partial charge in [-0.1, -0.05) is 43.7 Å². The van der Waals surface area contributed by atoms with E-state index in [1.807, 2.05) is 37.3 Å². The molecule has 1 N–H and O–H groups in total. The van der Waals surface area contributed by atoms with Crippen LogP contribution in [0.5, 0.6) is 0 Å². The number of hydrogen-bond donors (Lipinski definition) is 1. The molecule has 0 bridgehead atoms. The van der Waals surface area contributed by atoms with Crippen LogP contribution < -0.4 is 5.32 Å². The number of methoxy groups -OCH3 is 1. The fourth-order valence-corrected chi connectivity index (χ4v) is 5.43. The van der Waals surface area contributed by atoms with E-state index < -0.39 is 28.9 Å². The van der Waals surface area contributed by atoms with Crippen LogP contribution in [0.25, 0.3) is 0 Å². The lowest BCUT2D eigenvalue weighted by Gasteiger charge is -2.44. The summed E-state index contributed by atoms with van der Waals surface area (Å²) < 4.78 is 11.0. The Morgan fingerprint density at radius 1 is 1.29 bits per heavy atom. The third kappa shape index (κ3) is 2.62. The molecule has 1 aliphatic carbocycles. The summed E-state index contributed by atoms with van der Waals surface area (Å²) in [7, 11) is 1.36. The van der Waals surface area contributed by atoms with Crippen LogP contribution in [0, 0.1) is 11.8 Å². The maximum absolute atomic E-state index is 13.1. The molecule has 0 saturated carbocycles. The lowest BCUT2D eigenvalue weighted by Crippen LogP contribution is -2.61. The number of esters is 2. The van der Waals surface area contributed by atoms with E-state index in [9.17, 15) is 14.4 Å². The Balaban J connectivity index is 1.91. The van der Waals surface area contributed by atoms with Crippen molar-refractivity contribution in [2.24, 2.45) is 11.8 Å². The number of hydrogen-bond acceptors (Lipinski definition) is 6. The fraction of sp³-hybridized carbons (Fsp3) is 0.500. The summed E-state index contributed by atoms with van der Waals surface area (Å²) in [5.74, 6) is -1.78. The molecule has 2 heterocycles. The van der Waals surface area contributed by atoms with Gasteiger partial charge in [0.25, 0.3) is 0 Å². The van der Waals surface area contributed by atoms with E-state index in [4.69, 9.17) is 9.47 Å². The van der Waals surface area contributed by atoms with Crippen molar-refractivity contribution in [3.8, 4) is 0 Å². The Morgan fingerprint density at radius 2 is 2.04 bits per heavy atom. The van der Waals surface area contributed by atoms with Gasteiger partial charge < -0.3 is 9.47 Å². The zero-order valence-electron chi connectivity index (χ0n) is 16.1. The summed E-state index contributed by atoms with van der Waals surface area (Å²) in [6.45, 7) is 1.99. The third-order valence-electron chi connectivity index (χ3n) is 6.42. The zero-order valence-corrected chi connectivity index (χ0v) is 16.1. The van der Waals surface area contributed by atoms with Gasteiger partial charge in [-0.2, -0.15) is 0 Å². The van der Waals surface area contributed by atoms with E-state index >= 15 is 0 Å². The monoisotopic (exact) mass is 383 g/mol. The van der Waals surface area contributed by atoms with Crippen LogP contribution in [-0.4, -0.2) is 36.0 Å². The van der Waals surface area contributed by atoms with E-state index in [1.54, 1.807) is 6.08 Å². The molecule has 6 heteroatoms. The standard InChI is InChI=1S/C22H25NO5/c1-3-11-22(20(26)27-2)19-17(18(23-22)14-7-5-4-6-8-14)15(24)9-12-21(19)13-10-16(25)28-21/h4-9,12,17-19,23H,3,10-11,13H2,1-2H3/t17?,18-,19?,21-,22-/m1/s1. The molecule has 2 unspecified atom stereocenters. The second kappa shape index (κ2) is 6.85. The minimum atomic E-state index is -1.10. The summed E-state index contributed by atoms with van der Waals surface area (Å²) in [5.41, 5.74) is -1.13. The first-order chi connectivity index (χ1) is 13.5. The van der Waals surface area contributed by atoms with Crippen LogP contribution in [0.2, 0.25) is 0 Å². The summed E-state index contributed by atoms with van der Waals surface area (Å²) >= 11 is 0. The molecule has 3 aliphatic rings. The van der Waals surface area contributed by atoms with Crippen molar-refractivity contribution in [3.63, 3.8) is 0 Å². The topological polar surface area (TPSA) is 81.7 Å². The van der Waals surface area contributed by atoms with Crippen molar-refractivity contribution in [1.29, 1.82) is 0 Å². The number of ketones is 1.